The van der Waals surface area contributed by atoms with Crippen LogP contribution in [0.3, 0.4) is 0 Å². The minimum absolute atomic E-state index is 0.119. The van der Waals surface area contributed by atoms with Crippen LogP contribution < -0.4 is 10.1 Å². The van der Waals surface area contributed by atoms with Crippen LogP contribution in [0.25, 0.3) is 22.4 Å². The molecule has 2 aromatic carbocycles. The zero-order chi connectivity index (χ0) is 17.4. The molecule has 0 spiro atoms. The summed E-state index contributed by atoms with van der Waals surface area (Å²) < 4.78 is 2.05. The van der Waals surface area contributed by atoms with Gasteiger partial charge in [0, 0.05) is 5.56 Å². The van der Waals surface area contributed by atoms with Gasteiger partial charge in [0.05, 0.1) is 4.53 Å². The van der Waals surface area contributed by atoms with E-state index >= 15 is 0 Å². The fourth-order valence-corrected chi connectivity index (χ4v) is 3.68. The molecule has 0 saturated heterocycles. The molecule has 4 aromatic rings. The lowest BCUT2D eigenvalue weighted by Crippen LogP contribution is -2.23. The van der Waals surface area contributed by atoms with Crippen molar-refractivity contribution in [1.29, 1.82) is 0 Å². The first-order valence-electron chi connectivity index (χ1n) is 8.22. The third-order valence-corrected chi connectivity index (χ3v) is 5.21. The topological polar surface area (TPSA) is 47.3 Å². The highest BCUT2D eigenvalue weighted by Gasteiger charge is 2.13. The molecule has 25 heavy (non-hydrogen) atoms. The first kappa shape index (κ1) is 15.7. The molecule has 0 N–H and O–H groups in total. The summed E-state index contributed by atoms with van der Waals surface area (Å²) in [6.07, 6.45) is 2.90. The number of hydrogen-bond donors (Lipinski definition) is 0. The smallest absolute Gasteiger partial charge is 0.266 e. The molecule has 0 amide bonds. The first-order chi connectivity index (χ1) is 12.2. The van der Waals surface area contributed by atoms with Gasteiger partial charge < -0.3 is 0 Å². The molecular formula is C20H17N3OS. The number of hydrogen-bond acceptors (Lipinski definition) is 4. The van der Waals surface area contributed by atoms with Crippen LogP contribution in [0.4, 0.5) is 0 Å². The van der Waals surface area contributed by atoms with Crippen molar-refractivity contribution in [1.82, 2.24) is 14.6 Å². The van der Waals surface area contributed by atoms with Crippen LogP contribution in [0.15, 0.2) is 53.3 Å². The highest BCUT2D eigenvalue weighted by atomic mass is 32.1. The summed E-state index contributed by atoms with van der Waals surface area (Å²) in [5.74, 6) is 0.597. The molecule has 5 heteroatoms. The van der Waals surface area contributed by atoms with Gasteiger partial charge in [-0.05, 0) is 36.1 Å². The lowest BCUT2D eigenvalue weighted by Gasteiger charge is -1.98. The van der Waals surface area contributed by atoms with E-state index in [1.165, 1.54) is 21.4 Å². The predicted octanol–water partition coefficient (Wildman–Crippen LogP) is 3.24. The van der Waals surface area contributed by atoms with E-state index in [9.17, 15) is 4.79 Å². The fraction of sp³-hybridized carbons (Fsp3) is 0.150. The van der Waals surface area contributed by atoms with Gasteiger partial charge in [-0.3, -0.25) is 4.79 Å². The van der Waals surface area contributed by atoms with Gasteiger partial charge in [0.2, 0.25) is 4.96 Å². The molecule has 2 heterocycles. The van der Waals surface area contributed by atoms with E-state index in [4.69, 9.17) is 0 Å². The molecule has 0 bridgehead atoms. The molecular weight excluding hydrogens is 330 g/mol. The van der Waals surface area contributed by atoms with Crippen molar-refractivity contribution in [2.24, 2.45) is 0 Å². The maximum atomic E-state index is 12.6. The second-order valence-electron chi connectivity index (χ2n) is 5.96. The number of nitrogens with zero attached hydrogens (tertiary/aromatic N) is 3. The molecule has 0 atom stereocenters. The van der Waals surface area contributed by atoms with E-state index in [0.717, 1.165) is 23.1 Å². The fourth-order valence-electron chi connectivity index (χ4n) is 2.77. The van der Waals surface area contributed by atoms with E-state index in [0.29, 0.717) is 15.3 Å². The molecule has 0 saturated carbocycles. The molecule has 124 valence electrons. The van der Waals surface area contributed by atoms with Gasteiger partial charge in [-0.2, -0.15) is 9.50 Å². The molecule has 2 aromatic heterocycles. The van der Waals surface area contributed by atoms with Crippen molar-refractivity contribution in [2.45, 2.75) is 20.3 Å². The van der Waals surface area contributed by atoms with E-state index in [1.807, 2.05) is 49.4 Å². The zero-order valence-corrected chi connectivity index (χ0v) is 14.9. The van der Waals surface area contributed by atoms with Crippen molar-refractivity contribution in [2.75, 3.05) is 0 Å². The number of aryl methyl sites for hydroxylation is 2. The van der Waals surface area contributed by atoms with Crippen LogP contribution in [0.2, 0.25) is 0 Å². The third-order valence-electron chi connectivity index (χ3n) is 4.25. The number of thiazole rings is 1. The molecule has 0 aliphatic carbocycles. The van der Waals surface area contributed by atoms with Gasteiger partial charge in [0.25, 0.3) is 5.56 Å². The van der Waals surface area contributed by atoms with Crippen LogP contribution in [-0.2, 0) is 6.42 Å². The van der Waals surface area contributed by atoms with Gasteiger partial charge in [0.15, 0.2) is 5.82 Å². The van der Waals surface area contributed by atoms with E-state index in [1.54, 1.807) is 0 Å². The summed E-state index contributed by atoms with van der Waals surface area (Å²) in [5.41, 5.74) is 4.23. The van der Waals surface area contributed by atoms with Gasteiger partial charge >= 0.3 is 0 Å². The summed E-state index contributed by atoms with van der Waals surface area (Å²) in [6.45, 7) is 4.14. The Morgan fingerprint density at radius 1 is 1.12 bits per heavy atom. The molecule has 4 rings (SSSR count). The van der Waals surface area contributed by atoms with Gasteiger partial charge in [0.1, 0.15) is 0 Å². The van der Waals surface area contributed by atoms with Gasteiger partial charge in [-0.1, -0.05) is 66.8 Å². The summed E-state index contributed by atoms with van der Waals surface area (Å²) in [7, 11) is 0. The molecule has 0 unspecified atom stereocenters. The van der Waals surface area contributed by atoms with Crippen LogP contribution in [-0.4, -0.2) is 14.6 Å². The highest BCUT2D eigenvalue weighted by Crippen LogP contribution is 2.20. The maximum Gasteiger partial charge on any atom is 0.291 e. The summed E-state index contributed by atoms with van der Waals surface area (Å²) in [6, 6.07) is 16.2. The van der Waals surface area contributed by atoms with Crippen molar-refractivity contribution < 1.29 is 0 Å². The van der Waals surface area contributed by atoms with Gasteiger partial charge in [-0.25, -0.2) is 0 Å². The van der Waals surface area contributed by atoms with Crippen molar-refractivity contribution in [3.63, 3.8) is 0 Å². The first-order valence-corrected chi connectivity index (χ1v) is 9.03. The highest BCUT2D eigenvalue weighted by molar-refractivity contribution is 7.15. The van der Waals surface area contributed by atoms with Crippen LogP contribution in [0, 0.1) is 6.92 Å². The summed E-state index contributed by atoms with van der Waals surface area (Å²) in [5, 5.41) is 4.42. The SMILES string of the molecule is CCc1ccc(/C=c2/sc3nc(-c4ccccc4C)nn3c2=O)cc1. The lowest BCUT2D eigenvalue weighted by molar-refractivity contribution is 0.936. The van der Waals surface area contributed by atoms with E-state index in [-0.39, 0.29) is 5.56 Å². The standard InChI is InChI=1S/C20H17N3OS/c1-3-14-8-10-15(11-9-14)12-17-19(24)23-20(25-17)21-18(22-23)16-7-5-4-6-13(16)2/h4-12H,3H2,1-2H3/b17-12+. The van der Waals surface area contributed by atoms with Crippen molar-refractivity contribution >= 4 is 22.4 Å². The Balaban J connectivity index is 1.79. The van der Waals surface area contributed by atoms with Crippen LogP contribution in [0.1, 0.15) is 23.6 Å². The summed E-state index contributed by atoms with van der Waals surface area (Å²) in [4.78, 5) is 17.8. The number of rotatable bonds is 3. The Morgan fingerprint density at radius 2 is 1.88 bits per heavy atom. The Hall–Kier alpha value is -2.79. The second-order valence-corrected chi connectivity index (χ2v) is 6.96. The second kappa shape index (κ2) is 6.26. The minimum Gasteiger partial charge on any atom is -0.266 e. The molecule has 0 radical (unpaired) electrons. The monoisotopic (exact) mass is 347 g/mol. The van der Waals surface area contributed by atoms with Crippen molar-refractivity contribution in [3.05, 3.63) is 80.1 Å². The number of aromatic nitrogens is 3. The van der Waals surface area contributed by atoms with Gasteiger partial charge in [-0.15, -0.1) is 5.10 Å². The zero-order valence-electron chi connectivity index (χ0n) is 14.1. The largest absolute Gasteiger partial charge is 0.291 e. The van der Waals surface area contributed by atoms with Crippen LogP contribution >= 0.6 is 11.3 Å². The van der Waals surface area contributed by atoms with E-state index in [2.05, 4.69) is 29.1 Å². The average Bonchev–Trinajstić information content (AvgIpc) is 3.16. The lowest BCUT2D eigenvalue weighted by atomic mass is 10.1. The molecule has 0 aliphatic rings. The average molecular weight is 347 g/mol. The Bertz CT molecular complexity index is 1160. The predicted molar refractivity (Wildman–Crippen MR) is 102 cm³/mol. The minimum atomic E-state index is -0.119. The Labute approximate surface area is 149 Å². The van der Waals surface area contributed by atoms with E-state index < -0.39 is 0 Å². The molecule has 0 fully saturated rings. The molecule has 4 nitrogen and oxygen atoms in total. The third kappa shape index (κ3) is 2.87. The molecule has 0 aliphatic heterocycles. The maximum absolute atomic E-state index is 12.6. The Morgan fingerprint density at radius 3 is 2.56 bits per heavy atom. The quantitative estimate of drug-likeness (QED) is 0.572. The number of benzene rings is 2. The normalized spacial score (nSPS) is 12.2. The van der Waals surface area contributed by atoms with Crippen LogP contribution in [0.5, 0.6) is 0 Å². The number of fused-ring (bicyclic) bond motifs is 1. The summed E-state index contributed by atoms with van der Waals surface area (Å²) >= 11 is 1.37. The van der Waals surface area contributed by atoms with Crippen molar-refractivity contribution in [3.8, 4) is 11.4 Å². The Kier molecular flexibility index (Phi) is 3.93.